The summed E-state index contributed by atoms with van der Waals surface area (Å²) in [6, 6.07) is 22.9. The van der Waals surface area contributed by atoms with Crippen LogP contribution in [0.3, 0.4) is 0 Å². The van der Waals surface area contributed by atoms with Gasteiger partial charge >= 0.3 is 0 Å². The number of hydrogen-bond donors (Lipinski definition) is 0. The predicted octanol–water partition coefficient (Wildman–Crippen LogP) is 8.35. The highest BCUT2D eigenvalue weighted by molar-refractivity contribution is 6.14. The van der Waals surface area contributed by atoms with Gasteiger partial charge in [0, 0.05) is 33.9 Å². The lowest BCUT2D eigenvalue weighted by Gasteiger charge is -2.26. The first-order valence-electron chi connectivity index (χ1n) is 13.1. The number of pyridine rings is 1. The van der Waals surface area contributed by atoms with Crippen molar-refractivity contribution in [2.45, 2.75) is 57.8 Å². The molecule has 2 heterocycles. The first-order valence-corrected chi connectivity index (χ1v) is 13.1. The molecule has 2 aliphatic carbocycles. The van der Waals surface area contributed by atoms with Crippen LogP contribution in [0, 0.1) is 6.92 Å². The number of aromatic nitrogens is 1. The van der Waals surface area contributed by atoms with Crippen LogP contribution in [0.4, 0.5) is 0 Å². The number of nitrogens with zero attached hydrogens (tertiary/aromatic N) is 1. The molecular weight excluding hydrogens is 426 g/mol. The Labute approximate surface area is 207 Å². The van der Waals surface area contributed by atoms with Gasteiger partial charge in [-0.15, -0.1) is 0 Å². The second-order valence-corrected chi connectivity index (χ2v) is 11.0. The monoisotopic (exact) mass is 458 g/mol. The first-order chi connectivity index (χ1) is 17.0. The Morgan fingerprint density at radius 1 is 0.829 bits per heavy atom. The zero-order valence-corrected chi connectivity index (χ0v) is 21.1. The van der Waals surface area contributed by atoms with E-state index in [1.54, 1.807) is 0 Å². The third-order valence-corrected chi connectivity index (χ3v) is 8.80. The Morgan fingerprint density at radius 2 is 1.54 bits per heavy atom. The molecule has 0 unspecified atom stereocenters. The van der Waals surface area contributed by atoms with Crippen molar-refractivity contribution in [2.24, 2.45) is 7.05 Å². The van der Waals surface area contributed by atoms with Gasteiger partial charge in [0.15, 0.2) is 6.20 Å². The fourth-order valence-corrected chi connectivity index (χ4v) is 6.96. The lowest BCUT2D eigenvalue weighted by Crippen LogP contribution is -2.31. The normalized spacial score (nSPS) is 16.0. The van der Waals surface area contributed by atoms with E-state index in [1.807, 2.05) is 0 Å². The number of benzene rings is 3. The molecular formula is C33H32NO+. The molecule has 1 saturated carbocycles. The van der Waals surface area contributed by atoms with Gasteiger partial charge in [0.1, 0.15) is 18.2 Å². The maximum Gasteiger partial charge on any atom is 0.216 e. The SMILES string of the molecule is Cc1ccc2c(oc3c4c(ccc32)C2(CCCC2)c2ccccc2-4)c1-c1cc(C(C)C)cc[n+]1C. The van der Waals surface area contributed by atoms with Crippen molar-refractivity contribution in [3.8, 4) is 22.4 Å². The van der Waals surface area contributed by atoms with Gasteiger partial charge in [0.05, 0.1) is 5.56 Å². The van der Waals surface area contributed by atoms with Gasteiger partial charge in [-0.3, -0.25) is 0 Å². The van der Waals surface area contributed by atoms with E-state index >= 15 is 0 Å². The molecule has 5 aromatic rings. The standard InChI is InChI=1S/C33H32NO/c1-20(2)22-15-18-34(4)28(19-22)29-21(3)11-12-23-24-13-14-27-30(32(24)35-31(23)29)25-9-5-6-10-26(25)33(27)16-7-8-17-33/h5-6,9-15,18-20H,7-8,16-17H2,1-4H3/q+1. The van der Waals surface area contributed by atoms with Gasteiger partial charge in [-0.05, 0) is 53.5 Å². The number of fused-ring (bicyclic) bond motifs is 9. The Balaban J connectivity index is 1.57. The lowest BCUT2D eigenvalue weighted by molar-refractivity contribution is -0.660. The van der Waals surface area contributed by atoms with Crippen LogP contribution in [0.2, 0.25) is 0 Å². The summed E-state index contributed by atoms with van der Waals surface area (Å²) in [6.45, 7) is 6.72. The third kappa shape index (κ3) is 2.74. The van der Waals surface area contributed by atoms with Crippen molar-refractivity contribution < 1.29 is 8.98 Å². The molecule has 1 fully saturated rings. The number of rotatable bonds is 2. The average Bonchev–Trinajstić information content (AvgIpc) is 3.56. The highest BCUT2D eigenvalue weighted by Crippen LogP contribution is 2.59. The Hall–Kier alpha value is -3.39. The van der Waals surface area contributed by atoms with Gasteiger partial charge in [0.2, 0.25) is 5.69 Å². The van der Waals surface area contributed by atoms with Crippen LogP contribution in [0.5, 0.6) is 0 Å². The maximum atomic E-state index is 6.96. The minimum Gasteiger partial charge on any atom is -0.454 e. The molecule has 1 spiro atoms. The summed E-state index contributed by atoms with van der Waals surface area (Å²) in [5, 5.41) is 2.44. The highest BCUT2D eigenvalue weighted by atomic mass is 16.3. The van der Waals surface area contributed by atoms with Crippen LogP contribution in [-0.2, 0) is 12.5 Å². The molecule has 2 nitrogen and oxygen atoms in total. The fourth-order valence-electron chi connectivity index (χ4n) is 6.96. The van der Waals surface area contributed by atoms with Gasteiger partial charge in [-0.1, -0.05) is 75.2 Å². The highest BCUT2D eigenvalue weighted by Gasteiger charge is 2.46. The molecule has 0 N–H and O–H groups in total. The molecule has 0 amide bonds. The summed E-state index contributed by atoms with van der Waals surface area (Å²) in [6.07, 6.45) is 7.27. The molecule has 0 aliphatic heterocycles. The molecule has 35 heavy (non-hydrogen) atoms. The van der Waals surface area contributed by atoms with Crippen molar-refractivity contribution in [3.05, 3.63) is 89.1 Å². The third-order valence-electron chi connectivity index (χ3n) is 8.80. The summed E-state index contributed by atoms with van der Waals surface area (Å²) in [5.41, 5.74) is 12.9. The van der Waals surface area contributed by atoms with E-state index in [9.17, 15) is 0 Å². The lowest BCUT2D eigenvalue weighted by atomic mass is 9.77. The van der Waals surface area contributed by atoms with E-state index in [0.717, 1.165) is 11.2 Å². The van der Waals surface area contributed by atoms with Crippen LogP contribution >= 0.6 is 0 Å². The first kappa shape index (κ1) is 20.9. The molecule has 0 bridgehead atoms. The molecule has 2 heteroatoms. The van der Waals surface area contributed by atoms with E-state index in [4.69, 9.17) is 4.42 Å². The molecule has 174 valence electrons. The molecule has 0 radical (unpaired) electrons. The maximum absolute atomic E-state index is 6.96. The zero-order valence-electron chi connectivity index (χ0n) is 21.1. The van der Waals surface area contributed by atoms with Crippen molar-refractivity contribution >= 4 is 21.9 Å². The Bertz CT molecular complexity index is 1650. The van der Waals surface area contributed by atoms with Gasteiger partial charge in [-0.25, -0.2) is 4.57 Å². The van der Waals surface area contributed by atoms with E-state index in [1.165, 1.54) is 81.1 Å². The molecule has 2 aliphatic rings. The van der Waals surface area contributed by atoms with Crippen molar-refractivity contribution in [3.63, 3.8) is 0 Å². The smallest absolute Gasteiger partial charge is 0.216 e. The van der Waals surface area contributed by atoms with Crippen molar-refractivity contribution in [2.75, 3.05) is 0 Å². The Kier molecular flexibility index (Phi) is 4.37. The van der Waals surface area contributed by atoms with Crippen LogP contribution in [0.15, 0.2) is 71.3 Å². The largest absolute Gasteiger partial charge is 0.454 e. The van der Waals surface area contributed by atoms with Crippen LogP contribution in [0.25, 0.3) is 44.3 Å². The topological polar surface area (TPSA) is 17.0 Å². The minimum absolute atomic E-state index is 0.163. The van der Waals surface area contributed by atoms with Gasteiger partial charge in [0.25, 0.3) is 0 Å². The quantitative estimate of drug-likeness (QED) is 0.243. The summed E-state index contributed by atoms with van der Waals surface area (Å²) in [4.78, 5) is 0. The number of furan rings is 1. The Morgan fingerprint density at radius 3 is 2.31 bits per heavy atom. The molecule has 3 aromatic carbocycles. The zero-order chi connectivity index (χ0) is 23.9. The van der Waals surface area contributed by atoms with Crippen LogP contribution in [0.1, 0.15) is 67.7 Å². The van der Waals surface area contributed by atoms with Gasteiger partial charge in [-0.2, -0.15) is 0 Å². The summed E-state index contributed by atoms with van der Waals surface area (Å²) < 4.78 is 9.19. The van der Waals surface area contributed by atoms with Crippen LogP contribution < -0.4 is 4.57 Å². The molecule has 0 saturated heterocycles. The van der Waals surface area contributed by atoms with E-state index in [0.29, 0.717) is 5.92 Å². The predicted molar refractivity (Wildman–Crippen MR) is 144 cm³/mol. The van der Waals surface area contributed by atoms with E-state index in [-0.39, 0.29) is 5.41 Å². The summed E-state index contributed by atoms with van der Waals surface area (Å²) in [5.74, 6) is 0.479. The molecule has 0 atom stereocenters. The molecule has 7 rings (SSSR count). The van der Waals surface area contributed by atoms with Gasteiger partial charge < -0.3 is 4.42 Å². The minimum atomic E-state index is 0.163. The summed E-state index contributed by atoms with van der Waals surface area (Å²) >= 11 is 0. The second kappa shape index (κ2) is 7.31. The number of hydrogen-bond acceptors (Lipinski definition) is 1. The van der Waals surface area contributed by atoms with Crippen molar-refractivity contribution in [1.82, 2.24) is 0 Å². The average molecular weight is 459 g/mol. The van der Waals surface area contributed by atoms with E-state index < -0.39 is 0 Å². The second-order valence-electron chi connectivity index (χ2n) is 11.0. The van der Waals surface area contributed by atoms with Crippen LogP contribution in [-0.4, -0.2) is 0 Å². The van der Waals surface area contributed by atoms with E-state index in [2.05, 4.69) is 99.2 Å². The van der Waals surface area contributed by atoms with Crippen molar-refractivity contribution in [1.29, 1.82) is 0 Å². The molecule has 2 aromatic heterocycles. The number of aryl methyl sites for hydroxylation is 2. The summed E-state index contributed by atoms with van der Waals surface area (Å²) in [7, 11) is 2.14. The fraction of sp³-hybridized carbons (Fsp3) is 0.303.